The minimum absolute atomic E-state index is 0.343. The van der Waals surface area contributed by atoms with E-state index in [-0.39, 0.29) is 0 Å². The van der Waals surface area contributed by atoms with Crippen LogP contribution < -0.4 is 15.5 Å². The summed E-state index contributed by atoms with van der Waals surface area (Å²) in [5.74, 6) is 1.75. The molecule has 1 aromatic heterocycles. The van der Waals surface area contributed by atoms with Gasteiger partial charge in [0, 0.05) is 58.8 Å². The maximum absolute atomic E-state index is 11.6. The summed E-state index contributed by atoms with van der Waals surface area (Å²) in [6.45, 7) is 5.45. The number of hydrogen-bond donors (Lipinski definition) is 2. The number of hydrogen-bond acceptors (Lipinski definition) is 6. The summed E-state index contributed by atoms with van der Waals surface area (Å²) >= 11 is 0. The second-order valence-corrected chi connectivity index (χ2v) is 9.85. The molecule has 1 aliphatic heterocycles. The summed E-state index contributed by atoms with van der Waals surface area (Å²) in [6.07, 6.45) is 3.85. The SMILES string of the molecule is CN=C(NCCc1ccc(S(C)(=O)=O)cc1)NCc1ccnc(N2CCN(C)CC2)c1. The predicted octanol–water partition coefficient (Wildman–Crippen LogP) is 1.14. The van der Waals surface area contributed by atoms with Crippen LogP contribution in [0.25, 0.3) is 0 Å². The molecular formula is C22H32N6O2S. The molecule has 168 valence electrons. The number of benzene rings is 1. The van der Waals surface area contributed by atoms with Gasteiger partial charge in [0.2, 0.25) is 0 Å². The van der Waals surface area contributed by atoms with Crippen molar-refractivity contribution in [3.8, 4) is 0 Å². The van der Waals surface area contributed by atoms with Crippen molar-refractivity contribution in [2.75, 3.05) is 58.0 Å². The maximum atomic E-state index is 11.6. The van der Waals surface area contributed by atoms with E-state index in [0.29, 0.717) is 18.0 Å². The highest BCUT2D eigenvalue weighted by molar-refractivity contribution is 7.90. The van der Waals surface area contributed by atoms with Gasteiger partial charge in [-0.1, -0.05) is 12.1 Å². The Morgan fingerprint density at radius 2 is 1.77 bits per heavy atom. The zero-order valence-corrected chi connectivity index (χ0v) is 19.3. The van der Waals surface area contributed by atoms with Crippen LogP contribution in [-0.4, -0.2) is 77.3 Å². The highest BCUT2D eigenvalue weighted by Crippen LogP contribution is 2.15. The Balaban J connectivity index is 1.47. The molecule has 9 heteroatoms. The van der Waals surface area contributed by atoms with Gasteiger partial charge in [0.05, 0.1) is 4.90 Å². The van der Waals surface area contributed by atoms with E-state index in [9.17, 15) is 8.42 Å². The lowest BCUT2D eigenvalue weighted by Gasteiger charge is -2.33. The molecule has 0 unspecified atom stereocenters. The van der Waals surface area contributed by atoms with Crippen molar-refractivity contribution < 1.29 is 8.42 Å². The van der Waals surface area contributed by atoms with E-state index in [1.807, 2.05) is 24.4 Å². The highest BCUT2D eigenvalue weighted by Gasteiger charge is 2.15. The number of nitrogens with one attached hydrogen (secondary N) is 2. The van der Waals surface area contributed by atoms with Crippen LogP contribution in [0.1, 0.15) is 11.1 Å². The number of anilines is 1. The Morgan fingerprint density at radius 1 is 1.06 bits per heavy atom. The number of aromatic nitrogens is 1. The lowest BCUT2D eigenvalue weighted by atomic mass is 10.1. The van der Waals surface area contributed by atoms with Crippen molar-refractivity contribution >= 4 is 21.6 Å². The topological polar surface area (TPSA) is 89.9 Å². The first-order valence-electron chi connectivity index (χ1n) is 10.5. The molecule has 0 spiro atoms. The van der Waals surface area contributed by atoms with Crippen molar-refractivity contribution in [3.63, 3.8) is 0 Å². The smallest absolute Gasteiger partial charge is 0.191 e. The summed E-state index contributed by atoms with van der Waals surface area (Å²) in [5, 5.41) is 6.65. The number of rotatable bonds is 7. The van der Waals surface area contributed by atoms with Gasteiger partial charge in [-0.3, -0.25) is 4.99 Å². The Labute approximate surface area is 185 Å². The highest BCUT2D eigenvalue weighted by atomic mass is 32.2. The minimum Gasteiger partial charge on any atom is -0.356 e. The average molecular weight is 445 g/mol. The van der Waals surface area contributed by atoms with Crippen LogP contribution in [-0.2, 0) is 22.8 Å². The van der Waals surface area contributed by atoms with Crippen LogP contribution in [0.15, 0.2) is 52.5 Å². The van der Waals surface area contributed by atoms with Crippen LogP contribution in [0.2, 0.25) is 0 Å². The van der Waals surface area contributed by atoms with E-state index in [2.05, 4.69) is 43.5 Å². The van der Waals surface area contributed by atoms with Gasteiger partial charge in [-0.25, -0.2) is 13.4 Å². The van der Waals surface area contributed by atoms with Crippen molar-refractivity contribution in [2.24, 2.45) is 4.99 Å². The first-order chi connectivity index (χ1) is 14.8. The molecule has 2 aromatic rings. The largest absolute Gasteiger partial charge is 0.356 e. The number of piperazine rings is 1. The third-order valence-electron chi connectivity index (χ3n) is 5.38. The second kappa shape index (κ2) is 10.6. The van der Waals surface area contributed by atoms with Gasteiger partial charge in [0.25, 0.3) is 0 Å². The van der Waals surface area contributed by atoms with Crippen LogP contribution in [0.5, 0.6) is 0 Å². The molecule has 1 aliphatic rings. The third-order valence-corrected chi connectivity index (χ3v) is 6.51. The molecule has 31 heavy (non-hydrogen) atoms. The molecule has 3 rings (SSSR count). The summed E-state index contributed by atoms with van der Waals surface area (Å²) < 4.78 is 23.1. The standard InChI is InChI=1S/C22H32N6O2S/c1-23-22(25-11-8-18-4-6-20(7-5-18)31(3,29)30)26-17-19-9-10-24-21(16-19)28-14-12-27(2)13-15-28/h4-7,9-10,16H,8,11-15,17H2,1-3H3,(H2,23,25,26). The van der Waals surface area contributed by atoms with E-state index < -0.39 is 9.84 Å². The van der Waals surface area contributed by atoms with Crippen LogP contribution in [0.3, 0.4) is 0 Å². The van der Waals surface area contributed by atoms with Crippen LogP contribution in [0, 0.1) is 0 Å². The lowest BCUT2D eigenvalue weighted by Crippen LogP contribution is -2.44. The molecule has 1 aromatic carbocycles. The zero-order valence-electron chi connectivity index (χ0n) is 18.5. The zero-order chi connectivity index (χ0) is 22.3. The third kappa shape index (κ3) is 6.93. The average Bonchev–Trinajstić information content (AvgIpc) is 2.76. The molecule has 2 heterocycles. The van der Waals surface area contributed by atoms with Crippen molar-refractivity contribution in [1.82, 2.24) is 20.5 Å². The summed E-state index contributed by atoms with van der Waals surface area (Å²) in [6, 6.07) is 11.2. The summed E-state index contributed by atoms with van der Waals surface area (Å²) in [7, 11) is 0.737. The number of aliphatic imine (C=N–C) groups is 1. The molecule has 2 N–H and O–H groups in total. The Kier molecular flexibility index (Phi) is 7.86. The lowest BCUT2D eigenvalue weighted by molar-refractivity contribution is 0.312. The molecular weight excluding hydrogens is 412 g/mol. The van der Waals surface area contributed by atoms with Gasteiger partial charge in [0.15, 0.2) is 15.8 Å². The van der Waals surface area contributed by atoms with Crippen molar-refractivity contribution in [3.05, 3.63) is 53.7 Å². The van der Waals surface area contributed by atoms with E-state index in [1.165, 1.54) is 6.26 Å². The van der Waals surface area contributed by atoms with E-state index in [4.69, 9.17) is 0 Å². The van der Waals surface area contributed by atoms with E-state index in [0.717, 1.165) is 55.5 Å². The maximum Gasteiger partial charge on any atom is 0.191 e. The van der Waals surface area contributed by atoms with Crippen LogP contribution >= 0.6 is 0 Å². The van der Waals surface area contributed by atoms with Crippen molar-refractivity contribution in [2.45, 2.75) is 17.9 Å². The van der Waals surface area contributed by atoms with Crippen molar-refractivity contribution in [1.29, 1.82) is 0 Å². The first-order valence-corrected chi connectivity index (χ1v) is 12.4. The van der Waals surface area contributed by atoms with Gasteiger partial charge in [-0.05, 0) is 48.9 Å². The molecule has 0 radical (unpaired) electrons. The fraction of sp³-hybridized carbons (Fsp3) is 0.455. The Hall–Kier alpha value is -2.65. The molecule has 0 bridgehead atoms. The van der Waals surface area contributed by atoms with Gasteiger partial charge < -0.3 is 20.4 Å². The molecule has 1 saturated heterocycles. The van der Waals surface area contributed by atoms with Gasteiger partial charge in [0.1, 0.15) is 5.82 Å². The molecule has 8 nitrogen and oxygen atoms in total. The minimum atomic E-state index is -3.16. The second-order valence-electron chi connectivity index (χ2n) is 7.83. The summed E-state index contributed by atoms with van der Waals surface area (Å²) in [4.78, 5) is 13.8. The fourth-order valence-corrected chi connectivity index (χ4v) is 4.04. The molecule has 0 atom stereocenters. The number of likely N-dealkylation sites (N-methyl/N-ethyl adjacent to an activating group) is 1. The fourth-order valence-electron chi connectivity index (χ4n) is 3.41. The van der Waals surface area contributed by atoms with E-state index >= 15 is 0 Å². The van der Waals surface area contributed by atoms with E-state index in [1.54, 1.807) is 19.2 Å². The summed E-state index contributed by atoms with van der Waals surface area (Å²) in [5.41, 5.74) is 2.23. The first kappa shape index (κ1) is 23.0. The van der Waals surface area contributed by atoms with Gasteiger partial charge in [-0.15, -0.1) is 0 Å². The number of sulfone groups is 1. The normalized spacial score (nSPS) is 15.7. The monoisotopic (exact) mass is 444 g/mol. The van der Waals surface area contributed by atoms with Gasteiger partial charge in [-0.2, -0.15) is 0 Å². The molecule has 0 amide bonds. The number of guanidine groups is 1. The predicted molar refractivity (Wildman–Crippen MR) is 125 cm³/mol. The quantitative estimate of drug-likeness (QED) is 0.489. The Bertz CT molecular complexity index is 983. The Morgan fingerprint density at radius 3 is 2.42 bits per heavy atom. The van der Waals surface area contributed by atoms with Gasteiger partial charge >= 0.3 is 0 Å². The number of pyridine rings is 1. The number of nitrogens with zero attached hydrogens (tertiary/aromatic N) is 4. The van der Waals surface area contributed by atoms with Crippen LogP contribution in [0.4, 0.5) is 5.82 Å². The molecule has 1 fully saturated rings. The molecule has 0 aliphatic carbocycles. The molecule has 0 saturated carbocycles.